The maximum Gasteiger partial charge on any atom is 0.314 e. The molecule has 0 spiro atoms. The third kappa shape index (κ3) is 6.43. The van der Waals surface area contributed by atoms with Crippen molar-refractivity contribution in [2.45, 2.75) is 6.42 Å². The molecule has 0 aliphatic heterocycles. The molecule has 138 valence electrons. The van der Waals surface area contributed by atoms with Crippen molar-refractivity contribution >= 4 is 11.9 Å². The Labute approximate surface area is 151 Å². The number of halogens is 1. The first-order valence-corrected chi connectivity index (χ1v) is 8.27. The fraction of sp³-hybridized carbons (Fsp3) is 0.263. The lowest BCUT2D eigenvalue weighted by Gasteiger charge is -2.09. The number of hydrogen-bond donors (Lipinski definition) is 3. The van der Waals surface area contributed by atoms with Crippen LogP contribution >= 0.6 is 0 Å². The van der Waals surface area contributed by atoms with Crippen LogP contribution in [0.1, 0.15) is 15.9 Å². The van der Waals surface area contributed by atoms with Gasteiger partial charge in [0.05, 0.1) is 7.11 Å². The summed E-state index contributed by atoms with van der Waals surface area (Å²) in [5.74, 6) is 0.0865. The maximum absolute atomic E-state index is 12.8. The molecule has 0 aliphatic carbocycles. The summed E-state index contributed by atoms with van der Waals surface area (Å²) in [7, 11) is 1.61. The first-order valence-electron chi connectivity index (χ1n) is 8.27. The van der Waals surface area contributed by atoms with E-state index in [1.807, 2.05) is 24.3 Å². The van der Waals surface area contributed by atoms with Crippen LogP contribution in [0, 0.1) is 5.82 Å². The summed E-state index contributed by atoms with van der Waals surface area (Å²) in [6.07, 6.45) is 0.707. The molecular weight excluding hydrogens is 337 g/mol. The van der Waals surface area contributed by atoms with Gasteiger partial charge in [0.25, 0.3) is 5.91 Å². The van der Waals surface area contributed by atoms with E-state index in [0.29, 0.717) is 25.1 Å². The molecular formula is C19H22FN3O3. The Morgan fingerprint density at radius 2 is 1.50 bits per heavy atom. The number of carbonyl (C=O) groups excluding carboxylic acids is 2. The number of amides is 3. The van der Waals surface area contributed by atoms with Crippen molar-refractivity contribution in [2.75, 3.05) is 26.7 Å². The Bertz CT molecular complexity index is 718. The van der Waals surface area contributed by atoms with E-state index >= 15 is 0 Å². The smallest absolute Gasteiger partial charge is 0.314 e. The first-order chi connectivity index (χ1) is 12.6. The molecule has 2 aromatic rings. The van der Waals surface area contributed by atoms with E-state index in [1.165, 1.54) is 24.3 Å². The highest BCUT2D eigenvalue weighted by molar-refractivity contribution is 5.94. The van der Waals surface area contributed by atoms with Crippen LogP contribution < -0.4 is 20.7 Å². The summed E-state index contributed by atoms with van der Waals surface area (Å²) < 4.78 is 17.9. The number of nitrogens with one attached hydrogen (secondary N) is 3. The van der Waals surface area contributed by atoms with Gasteiger partial charge in [0.15, 0.2) is 0 Å². The second kappa shape index (κ2) is 10.0. The zero-order valence-electron chi connectivity index (χ0n) is 14.5. The molecule has 2 rings (SSSR count). The predicted molar refractivity (Wildman–Crippen MR) is 96.8 cm³/mol. The highest BCUT2D eigenvalue weighted by atomic mass is 19.1. The monoisotopic (exact) mass is 359 g/mol. The van der Waals surface area contributed by atoms with E-state index in [-0.39, 0.29) is 18.5 Å². The van der Waals surface area contributed by atoms with Crippen molar-refractivity contribution in [3.8, 4) is 5.75 Å². The lowest BCUT2D eigenvalue weighted by Crippen LogP contribution is -2.40. The highest BCUT2D eigenvalue weighted by Crippen LogP contribution is 2.11. The fourth-order valence-electron chi connectivity index (χ4n) is 2.23. The number of hydrogen-bond acceptors (Lipinski definition) is 3. The van der Waals surface area contributed by atoms with E-state index in [9.17, 15) is 14.0 Å². The minimum absolute atomic E-state index is 0.280. The first kappa shape index (κ1) is 19.2. The summed E-state index contributed by atoms with van der Waals surface area (Å²) >= 11 is 0. The second-order valence-electron chi connectivity index (χ2n) is 5.54. The lowest BCUT2D eigenvalue weighted by molar-refractivity contribution is 0.0954. The van der Waals surface area contributed by atoms with Gasteiger partial charge in [0.2, 0.25) is 0 Å². The second-order valence-corrected chi connectivity index (χ2v) is 5.54. The fourth-order valence-corrected chi connectivity index (χ4v) is 2.23. The molecule has 0 aliphatic rings. The van der Waals surface area contributed by atoms with Crippen LogP contribution in [0.15, 0.2) is 48.5 Å². The van der Waals surface area contributed by atoms with E-state index in [1.54, 1.807) is 7.11 Å². The summed E-state index contributed by atoms with van der Waals surface area (Å²) in [6, 6.07) is 12.6. The minimum Gasteiger partial charge on any atom is -0.497 e. The maximum atomic E-state index is 12.8. The molecule has 0 saturated heterocycles. The molecule has 0 aromatic heterocycles. The molecule has 0 saturated carbocycles. The lowest BCUT2D eigenvalue weighted by atomic mass is 10.1. The van der Waals surface area contributed by atoms with Crippen molar-refractivity contribution in [3.05, 3.63) is 65.5 Å². The Hall–Kier alpha value is -3.09. The van der Waals surface area contributed by atoms with Crippen LogP contribution in [0.2, 0.25) is 0 Å². The molecule has 3 N–H and O–H groups in total. The Morgan fingerprint density at radius 1 is 0.885 bits per heavy atom. The molecule has 0 atom stereocenters. The van der Waals surface area contributed by atoms with Gasteiger partial charge in [-0.25, -0.2) is 9.18 Å². The largest absolute Gasteiger partial charge is 0.497 e. The molecule has 6 nitrogen and oxygen atoms in total. The van der Waals surface area contributed by atoms with Gasteiger partial charge in [-0.1, -0.05) is 12.1 Å². The number of rotatable bonds is 8. The number of ether oxygens (including phenoxy) is 1. The van der Waals surface area contributed by atoms with Gasteiger partial charge >= 0.3 is 6.03 Å². The summed E-state index contributed by atoms with van der Waals surface area (Å²) in [5, 5.41) is 8.06. The standard InChI is InChI=1S/C19H22FN3O3/c1-26-17-8-2-14(3-9-17)10-11-22-19(25)23-13-12-21-18(24)15-4-6-16(20)7-5-15/h2-9H,10-13H2,1H3,(H,21,24)(H2,22,23,25). The average molecular weight is 359 g/mol. The Morgan fingerprint density at radius 3 is 2.15 bits per heavy atom. The molecule has 0 fully saturated rings. The Kier molecular flexibility index (Phi) is 7.42. The van der Waals surface area contributed by atoms with E-state index in [2.05, 4.69) is 16.0 Å². The van der Waals surface area contributed by atoms with Gasteiger partial charge in [-0.2, -0.15) is 0 Å². The minimum atomic E-state index is -0.394. The molecule has 0 unspecified atom stereocenters. The molecule has 3 amide bonds. The van der Waals surface area contributed by atoms with E-state index in [4.69, 9.17) is 4.74 Å². The molecule has 0 bridgehead atoms. The van der Waals surface area contributed by atoms with Crippen LogP contribution in [0.5, 0.6) is 5.75 Å². The number of carbonyl (C=O) groups is 2. The summed E-state index contributed by atoms with van der Waals surface area (Å²) in [6.45, 7) is 1.07. The van der Waals surface area contributed by atoms with Gasteiger partial charge in [-0.05, 0) is 48.4 Å². The van der Waals surface area contributed by atoms with Crippen molar-refractivity contribution in [3.63, 3.8) is 0 Å². The number of methoxy groups -OCH3 is 1. The zero-order chi connectivity index (χ0) is 18.8. The SMILES string of the molecule is COc1ccc(CCNC(=O)NCCNC(=O)c2ccc(F)cc2)cc1. The van der Waals surface area contributed by atoms with Crippen molar-refractivity contribution in [1.29, 1.82) is 0 Å². The quantitative estimate of drug-likeness (QED) is 0.632. The molecule has 26 heavy (non-hydrogen) atoms. The van der Waals surface area contributed by atoms with Crippen LogP contribution in [-0.4, -0.2) is 38.7 Å². The molecule has 2 aromatic carbocycles. The van der Waals surface area contributed by atoms with Gasteiger partial charge in [0, 0.05) is 25.2 Å². The van der Waals surface area contributed by atoms with Gasteiger partial charge in [-0.15, -0.1) is 0 Å². The van der Waals surface area contributed by atoms with E-state index < -0.39 is 5.82 Å². The molecule has 0 radical (unpaired) electrons. The van der Waals surface area contributed by atoms with Crippen LogP contribution in [0.3, 0.4) is 0 Å². The third-order valence-electron chi connectivity index (χ3n) is 3.66. The van der Waals surface area contributed by atoms with Crippen LogP contribution in [0.4, 0.5) is 9.18 Å². The van der Waals surface area contributed by atoms with Crippen molar-refractivity contribution in [2.24, 2.45) is 0 Å². The van der Waals surface area contributed by atoms with Gasteiger partial charge < -0.3 is 20.7 Å². The van der Waals surface area contributed by atoms with E-state index in [0.717, 1.165) is 11.3 Å². The Balaban J connectivity index is 1.58. The van der Waals surface area contributed by atoms with Crippen LogP contribution in [-0.2, 0) is 6.42 Å². The normalized spacial score (nSPS) is 10.1. The van der Waals surface area contributed by atoms with Gasteiger partial charge in [-0.3, -0.25) is 4.79 Å². The topological polar surface area (TPSA) is 79.5 Å². The van der Waals surface area contributed by atoms with Crippen LogP contribution in [0.25, 0.3) is 0 Å². The third-order valence-corrected chi connectivity index (χ3v) is 3.66. The molecule has 0 heterocycles. The van der Waals surface area contributed by atoms with Crippen molar-refractivity contribution in [1.82, 2.24) is 16.0 Å². The molecule has 7 heteroatoms. The van der Waals surface area contributed by atoms with Crippen molar-refractivity contribution < 1.29 is 18.7 Å². The zero-order valence-corrected chi connectivity index (χ0v) is 14.5. The number of benzene rings is 2. The van der Waals surface area contributed by atoms with Gasteiger partial charge in [0.1, 0.15) is 11.6 Å². The summed E-state index contributed by atoms with van der Waals surface area (Å²) in [4.78, 5) is 23.5. The average Bonchev–Trinajstić information content (AvgIpc) is 2.66. The number of urea groups is 1. The predicted octanol–water partition coefficient (Wildman–Crippen LogP) is 2.11. The summed E-state index contributed by atoms with van der Waals surface area (Å²) in [5.41, 5.74) is 1.47. The highest BCUT2D eigenvalue weighted by Gasteiger charge is 2.05.